The van der Waals surface area contributed by atoms with Gasteiger partial charge in [-0.25, -0.2) is 0 Å². The Morgan fingerprint density at radius 3 is 1.82 bits per heavy atom. The molecule has 244 valence electrons. The van der Waals surface area contributed by atoms with E-state index in [1.807, 2.05) is 24.3 Å². The molecule has 51 heavy (non-hydrogen) atoms. The average Bonchev–Trinajstić information content (AvgIpc) is 3.44. The van der Waals surface area contributed by atoms with Crippen molar-refractivity contribution in [2.24, 2.45) is 0 Å². The van der Waals surface area contributed by atoms with Gasteiger partial charge in [-0.15, -0.1) is 0 Å². The molecule has 1 aliphatic heterocycles. The highest BCUT2D eigenvalue weighted by molar-refractivity contribution is 6.08. The maximum Gasteiger partial charge on any atom is 0.178 e. The van der Waals surface area contributed by atoms with Crippen molar-refractivity contribution in [3.05, 3.63) is 185 Å². The molecule has 0 saturated carbocycles. The van der Waals surface area contributed by atoms with Gasteiger partial charge in [-0.05, 0) is 80.2 Å². The maximum absolute atomic E-state index is 9.77. The topological polar surface area (TPSA) is 42.2 Å². The second-order valence-corrected chi connectivity index (χ2v) is 14.0. The summed E-state index contributed by atoms with van der Waals surface area (Å²) in [5, 5.41) is 12.0. The highest BCUT2D eigenvalue weighted by atomic mass is 16.5. The van der Waals surface area contributed by atoms with E-state index in [4.69, 9.17) is 9.47 Å². The molecule has 2 aliphatic rings. The molecule has 0 radical (unpaired) electrons. The fourth-order valence-electron chi connectivity index (χ4n) is 8.22. The normalized spacial score (nSPS) is 16.4. The van der Waals surface area contributed by atoms with Gasteiger partial charge in [0.1, 0.15) is 11.5 Å². The number of nitriles is 1. The lowest BCUT2D eigenvalue weighted by atomic mass is 9.76. The summed E-state index contributed by atoms with van der Waals surface area (Å²) in [6.45, 7) is 4.52. The molecule has 1 unspecified atom stereocenters. The molecular weight excluding hydrogens is 623 g/mol. The second kappa shape index (κ2) is 11.6. The van der Waals surface area contributed by atoms with Gasteiger partial charge in [0.05, 0.1) is 18.7 Å². The Hall–Kier alpha value is -6.37. The van der Waals surface area contributed by atoms with Gasteiger partial charge in [0.15, 0.2) is 5.60 Å². The number of rotatable bonds is 5. The van der Waals surface area contributed by atoms with E-state index < -0.39 is 5.60 Å². The number of fused-ring (bicyclic) bond motifs is 8. The van der Waals surface area contributed by atoms with Crippen LogP contribution in [0.2, 0.25) is 0 Å². The van der Waals surface area contributed by atoms with Crippen LogP contribution in [0.25, 0.3) is 50.2 Å². The Balaban J connectivity index is 1.20. The molecule has 7 aromatic carbocycles. The van der Waals surface area contributed by atoms with Crippen LogP contribution in [0.3, 0.4) is 0 Å². The van der Waals surface area contributed by atoms with Crippen molar-refractivity contribution in [2.75, 3.05) is 7.11 Å². The standard InChI is InChI=1S/C48H35NO2/c1-47(2)43-29-31(30-49)13-26-41(43)44-39-11-7-8-12-40(39)46-42(45(44)47)27-28-48(51-46,37-22-24-38(50-3)25-23-37)36-20-18-35(19-21-36)34-16-14-33(15-17-34)32-9-5-4-6-10-32/h4-29H,1-3H3. The van der Waals surface area contributed by atoms with E-state index in [0.29, 0.717) is 5.56 Å². The lowest BCUT2D eigenvalue weighted by Crippen LogP contribution is -2.35. The van der Waals surface area contributed by atoms with Crippen LogP contribution in [0.4, 0.5) is 0 Å². The van der Waals surface area contributed by atoms with Crippen LogP contribution in [-0.4, -0.2) is 7.11 Å². The van der Waals surface area contributed by atoms with Gasteiger partial charge in [0.2, 0.25) is 0 Å². The van der Waals surface area contributed by atoms with Gasteiger partial charge in [-0.2, -0.15) is 5.26 Å². The number of hydrogen-bond donors (Lipinski definition) is 0. The molecule has 7 aromatic rings. The van der Waals surface area contributed by atoms with Crippen LogP contribution in [0, 0.1) is 11.3 Å². The Morgan fingerprint density at radius 1 is 0.627 bits per heavy atom. The number of ether oxygens (including phenoxy) is 2. The zero-order valence-electron chi connectivity index (χ0n) is 28.8. The minimum absolute atomic E-state index is 0.336. The van der Waals surface area contributed by atoms with Crippen molar-refractivity contribution in [1.29, 1.82) is 5.26 Å². The fraction of sp³-hybridized carbons (Fsp3) is 0.104. The number of methoxy groups -OCH3 is 1. The highest BCUT2D eigenvalue weighted by Gasteiger charge is 2.44. The average molecular weight is 658 g/mol. The third-order valence-corrected chi connectivity index (χ3v) is 10.8. The Kier molecular flexibility index (Phi) is 6.98. The van der Waals surface area contributed by atoms with Gasteiger partial charge in [-0.3, -0.25) is 0 Å². The van der Waals surface area contributed by atoms with Crippen LogP contribution >= 0.6 is 0 Å². The molecule has 1 aliphatic carbocycles. The van der Waals surface area contributed by atoms with Crippen LogP contribution in [0.15, 0.2) is 152 Å². The molecule has 0 spiro atoms. The minimum atomic E-state index is -0.893. The van der Waals surface area contributed by atoms with E-state index >= 15 is 0 Å². The largest absolute Gasteiger partial charge is 0.497 e. The third kappa shape index (κ3) is 4.72. The summed E-state index contributed by atoms with van der Waals surface area (Å²) in [4.78, 5) is 0. The minimum Gasteiger partial charge on any atom is -0.497 e. The summed E-state index contributed by atoms with van der Waals surface area (Å²) in [5.41, 5.74) is 12.1. The van der Waals surface area contributed by atoms with Crippen LogP contribution < -0.4 is 9.47 Å². The van der Waals surface area contributed by atoms with Gasteiger partial charge < -0.3 is 9.47 Å². The summed E-state index contributed by atoms with van der Waals surface area (Å²) >= 11 is 0. The van der Waals surface area contributed by atoms with Crippen molar-refractivity contribution < 1.29 is 9.47 Å². The predicted molar refractivity (Wildman–Crippen MR) is 207 cm³/mol. The molecule has 3 nitrogen and oxygen atoms in total. The third-order valence-electron chi connectivity index (χ3n) is 10.8. The zero-order valence-corrected chi connectivity index (χ0v) is 28.8. The first kappa shape index (κ1) is 30.7. The SMILES string of the molecule is COc1ccc(C2(c3ccc(-c4ccc(-c5ccccc5)cc4)cc3)C=Cc3c4c(c5ccccc5c3O2)-c2ccc(C#N)cc2C4(C)C)cc1. The van der Waals surface area contributed by atoms with Crippen LogP contribution in [-0.2, 0) is 11.0 Å². The van der Waals surface area contributed by atoms with Crippen molar-refractivity contribution in [2.45, 2.75) is 24.9 Å². The molecular formula is C48H35NO2. The molecule has 0 bridgehead atoms. The van der Waals surface area contributed by atoms with Crippen LogP contribution in [0.5, 0.6) is 11.5 Å². The first-order valence-corrected chi connectivity index (χ1v) is 17.3. The Labute approximate surface area is 298 Å². The van der Waals surface area contributed by atoms with Gasteiger partial charge in [0, 0.05) is 27.5 Å². The molecule has 0 aromatic heterocycles. The van der Waals surface area contributed by atoms with E-state index in [1.165, 1.54) is 33.4 Å². The molecule has 0 N–H and O–H groups in total. The summed E-state index contributed by atoms with van der Waals surface area (Å²) < 4.78 is 13.0. The molecule has 0 amide bonds. The molecule has 0 saturated heterocycles. The summed E-state index contributed by atoms with van der Waals surface area (Å²) in [5.74, 6) is 1.66. The molecule has 3 heteroatoms. The monoisotopic (exact) mass is 657 g/mol. The van der Waals surface area contributed by atoms with Crippen LogP contribution in [0.1, 0.15) is 47.2 Å². The molecule has 1 atom stereocenters. The lowest BCUT2D eigenvalue weighted by molar-refractivity contribution is 0.163. The first-order chi connectivity index (χ1) is 24.9. The zero-order chi connectivity index (χ0) is 34.7. The summed E-state index contributed by atoms with van der Waals surface area (Å²) in [6, 6.07) is 53.2. The molecule has 1 heterocycles. The number of benzene rings is 7. The summed E-state index contributed by atoms with van der Waals surface area (Å²) in [7, 11) is 1.69. The smallest absolute Gasteiger partial charge is 0.178 e. The Morgan fingerprint density at radius 2 is 1.20 bits per heavy atom. The van der Waals surface area contributed by atoms with E-state index in [9.17, 15) is 5.26 Å². The summed E-state index contributed by atoms with van der Waals surface area (Å²) in [6.07, 6.45) is 4.49. The van der Waals surface area contributed by atoms with Gasteiger partial charge in [0.25, 0.3) is 0 Å². The van der Waals surface area contributed by atoms with E-state index in [-0.39, 0.29) is 5.41 Å². The second-order valence-electron chi connectivity index (χ2n) is 14.0. The first-order valence-electron chi connectivity index (χ1n) is 17.3. The van der Waals surface area contributed by atoms with Crippen molar-refractivity contribution in [3.8, 4) is 50.9 Å². The fourth-order valence-corrected chi connectivity index (χ4v) is 8.22. The van der Waals surface area contributed by atoms with Crippen molar-refractivity contribution in [3.63, 3.8) is 0 Å². The maximum atomic E-state index is 9.77. The van der Waals surface area contributed by atoms with Crippen molar-refractivity contribution >= 4 is 16.8 Å². The quantitative estimate of drug-likeness (QED) is 0.185. The lowest BCUT2D eigenvalue weighted by Gasteiger charge is -2.38. The molecule has 0 fully saturated rings. The van der Waals surface area contributed by atoms with Gasteiger partial charge >= 0.3 is 0 Å². The van der Waals surface area contributed by atoms with E-state index in [2.05, 4.69) is 153 Å². The van der Waals surface area contributed by atoms with E-state index in [1.54, 1.807) is 7.11 Å². The predicted octanol–water partition coefficient (Wildman–Crippen LogP) is 11.7. The number of nitrogens with zero attached hydrogens (tertiary/aromatic N) is 1. The Bertz CT molecular complexity index is 2540. The van der Waals surface area contributed by atoms with E-state index in [0.717, 1.165) is 50.1 Å². The van der Waals surface area contributed by atoms with Crippen molar-refractivity contribution in [1.82, 2.24) is 0 Å². The highest BCUT2D eigenvalue weighted by Crippen LogP contribution is 2.58. The number of hydrogen-bond acceptors (Lipinski definition) is 3. The molecule has 9 rings (SSSR count). The van der Waals surface area contributed by atoms with Gasteiger partial charge in [-0.1, -0.05) is 141 Å².